The second-order valence-electron chi connectivity index (χ2n) is 6.63. The van der Waals surface area contributed by atoms with Crippen molar-refractivity contribution in [3.05, 3.63) is 81.8 Å². The molecule has 0 amide bonds. The van der Waals surface area contributed by atoms with Gasteiger partial charge in [0.25, 0.3) is 5.56 Å². The van der Waals surface area contributed by atoms with Gasteiger partial charge in [-0.05, 0) is 30.5 Å². The largest absolute Gasteiger partial charge is 0.292 e. The topological polar surface area (TPSA) is 63.0 Å². The number of nitrogens with zero attached hydrogens (tertiary/aromatic N) is 3. The van der Waals surface area contributed by atoms with E-state index >= 15 is 0 Å². The molecule has 0 aliphatic carbocycles. The quantitative estimate of drug-likeness (QED) is 0.476. The third-order valence-corrected chi connectivity index (χ3v) is 5.59. The molecule has 1 N–H and O–H groups in total. The van der Waals surface area contributed by atoms with Gasteiger partial charge in [0.15, 0.2) is 0 Å². The molecular formula is C22H22N4OS. The predicted molar refractivity (Wildman–Crippen MR) is 116 cm³/mol. The Morgan fingerprint density at radius 1 is 1.11 bits per heavy atom. The zero-order valence-corrected chi connectivity index (χ0v) is 16.6. The van der Waals surface area contributed by atoms with Gasteiger partial charge in [-0.15, -0.1) is 0 Å². The fourth-order valence-electron chi connectivity index (χ4n) is 3.15. The van der Waals surface area contributed by atoms with Crippen molar-refractivity contribution in [3.8, 4) is 5.13 Å². The van der Waals surface area contributed by atoms with Crippen LogP contribution >= 0.6 is 11.3 Å². The van der Waals surface area contributed by atoms with Crippen molar-refractivity contribution in [3.63, 3.8) is 0 Å². The van der Waals surface area contributed by atoms with E-state index in [0.29, 0.717) is 17.2 Å². The molecule has 4 aromatic rings. The molecule has 0 spiro atoms. The highest BCUT2D eigenvalue weighted by Crippen LogP contribution is 2.23. The molecule has 6 heteroatoms. The van der Waals surface area contributed by atoms with Gasteiger partial charge in [0.05, 0.1) is 15.8 Å². The maximum Gasteiger partial charge on any atom is 0.282 e. The molecule has 2 aromatic heterocycles. The molecule has 2 aromatic carbocycles. The van der Waals surface area contributed by atoms with Crippen molar-refractivity contribution in [2.24, 2.45) is 4.99 Å². The van der Waals surface area contributed by atoms with Crippen molar-refractivity contribution in [2.45, 2.75) is 26.2 Å². The Hall–Kier alpha value is -2.99. The fraction of sp³-hybridized carbons (Fsp3) is 0.227. The third-order valence-electron chi connectivity index (χ3n) is 4.57. The van der Waals surface area contributed by atoms with Gasteiger partial charge >= 0.3 is 0 Å². The summed E-state index contributed by atoms with van der Waals surface area (Å²) in [6, 6.07) is 18.2. The highest BCUT2D eigenvalue weighted by molar-refractivity contribution is 7.20. The Kier molecular flexibility index (Phi) is 5.48. The lowest BCUT2D eigenvalue weighted by Crippen LogP contribution is -2.17. The van der Waals surface area contributed by atoms with Crippen LogP contribution in [0.1, 0.15) is 30.2 Å². The van der Waals surface area contributed by atoms with Crippen molar-refractivity contribution >= 4 is 27.8 Å². The summed E-state index contributed by atoms with van der Waals surface area (Å²) in [5.41, 5.74) is 3.60. The Labute approximate surface area is 167 Å². The molecule has 28 heavy (non-hydrogen) atoms. The summed E-state index contributed by atoms with van der Waals surface area (Å²) in [6.45, 7) is 2.75. The minimum Gasteiger partial charge on any atom is -0.292 e. The number of H-pyrrole nitrogens is 1. The van der Waals surface area contributed by atoms with Gasteiger partial charge in [-0.25, -0.2) is 4.98 Å². The number of aromatic amines is 1. The number of aliphatic imine (C=N–C) groups is 1. The molecule has 142 valence electrons. The van der Waals surface area contributed by atoms with E-state index in [0.717, 1.165) is 35.2 Å². The lowest BCUT2D eigenvalue weighted by molar-refractivity contribution is 0.790. The highest BCUT2D eigenvalue weighted by Gasteiger charge is 2.15. The van der Waals surface area contributed by atoms with Gasteiger partial charge in [-0.2, -0.15) is 4.68 Å². The monoisotopic (exact) mass is 390 g/mol. The Morgan fingerprint density at radius 2 is 1.89 bits per heavy atom. The van der Waals surface area contributed by atoms with Crippen LogP contribution in [0.3, 0.4) is 0 Å². The van der Waals surface area contributed by atoms with Crippen LogP contribution < -0.4 is 5.56 Å². The maximum absolute atomic E-state index is 13.0. The van der Waals surface area contributed by atoms with E-state index in [9.17, 15) is 4.79 Å². The van der Waals surface area contributed by atoms with Crippen LogP contribution in [-0.4, -0.2) is 27.5 Å². The van der Waals surface area contributed by atoms with E-state index in [1.165, 1.54) is 16.9 Å². The first-order valence-electron chi connectivity index (χ1n) is 9.50. The number of aromatic nitrogens is 3. The van der Waals surface area contributed by atoms with Crippen molar-refractivity contribution in [1.29, 1.82) is 0 Å². The number of fused-ring (bicyclic) bond motifs is 1. The molecule has 5 nitrogen and oxygen atoms in total. The zero-order valence-electron chi connectivity index (χ0n) is 15.8. The molecule has 0 aliphatic rings. The fourth-order valence-corrected chi connectivity index (χ4v) is 4.08. The van der Waals surface area contributed by atoms with E-state index in [-0.39, 0.29) is 5.56 Å². The molecule has 0 aliphatic heterocycles. The Morgan fingerprint density at radius 3 is 2.68 bits per heavy atom. The predicted octanol–water partition coefficient (Wildman–Crippen LogP) is 4.39. The SMILES string of the molecule is CCCc1[nH]n(-c2nc3ccccc3s2)c(=O)c1C=NCCc1ccccc1. The van der Waals surface area contributed by atoms with Crippen molar-refractivity contribution in [2.75, 3.05) is 6.54 Å². The first-order valence-corrected chi connectivity index (χ1v) is 10.3. The minimum atomic E-state index is -0.0917. The summed E-state index contributed by atoms with van der Waals surface area (Å²) in [5, 5.41) is 3.91. The molecule has 0 fully saturated rings. The number of aryl methyl sites for hydroxylation is 1. The van der Waals surface area contributed by atoms with E-state index < -0.39 is 0 Å². The number of nitrogens with one attached hydrogen (secondary N) is 1. The first kappa shape index (κ1) is 18.4. The van der Waals surface area contributed by atoms with Crippen molar-refractivity contribution < 1.29 is 0 Å². The normalized spacial score (nSPS) is 11.6. The van der Waals surface area contributed by atoms with Gasteiger partial charge in [0.2, 0.25) is 5.13 Å². The average Bonchev–Trinajstić information content (AvgIpc) is 3.28. The summed E-state index contributed by atoms with van der Waals surface area (Å²) < 4.78 is 2.61. The highest BCUT2D eigenvalue weighted by atomic mass is 32.1. The van der Waals surface area contributed by atoms with Crippen LogP contribution in [-0.2, 0) is 12.8 Å². The summed E-state index contributed by atoms with van der Waals surface area (Å²) in [6.07, 6.45) is 4.32. The van der Waals surface area contributed by atoms with Crippen LogP contribution in [0.4, 0.5) is 0 Å². The van der Waals surface area contributed by atoms with Crippen LogP contribution in [0.2, 0.25) is 0 Å². The standard InChI is InChI=1S/C22H22N4OS/c1-2-8-18-17(15-23-14-13-16-9-4-3-5-10-16)21(27)26(25-18)22-24-19-11-6-7-12-20(19)28-22/h3-7,9-12,15,25H,2,8,13-14H2,1H3. The molecule has 0 radical (unpaired) electrons. The molecule has 4 rings (SSSR count). The van der Waals surface area contributed by atoms with E-state index in [2.05, 4.69) is 34.1 Å². The molecule has 0 unspecified atom stereocenters. The van der Waals surface area contributed by atoms with Crippen LogP contribution in [0.5, 0.6) is 0 Å². The van der Waals surface area contributed by atoms with Crippen LogP contribution in [0.15, 0.2) is 64.4 Å². The summed E-state index contributed by atoms with van der Waals surface area (Å²) in [7, 11) is 0. The first-order chi connectivity index (χ1) is 13.8. The number of benzene rings is 2. The summed E-state index contributed by atoms with van der Waals surface area (Å²) in [5.74, 6) is 0. The Balaban J connectivity index is 1.61. The third kappa shape index (κ3) is 3.82. The summed E-state index contributed by atoms with van der Waals surface area (Å²) in [4.78, 5) is 22.1. The van der Waals surface area contributed by atoms with Crippen LogP contribution in [0.25, 0.3) is 15.3 Å². The summed E-state index contributed by atoms with van der Waals surface area (Å²) >= 11 is 1.51. The van der Waals surface area contributed by atoms with Gasteiger partial charge in [0, 0.05) is 18.5 Å². The number of thiazole rings is 1. The molecule has 0 atom stereocenters. The molecule has 0 bridgehead atoms. The average molecular weight is 391 g/mol. The molecular weight excluding hydrogens is 368 g/mol. The number of para-hydroxylation sites is 1. The Bertz CT molecular complexity index is 1120. The molecule has 0 saturated carbocycles. The smallest absolute Gasteiger partial charge is 0.282 e. The van der Waals surface area contributed by atoms with Crippen molar-refractivity contribution in [1.82, 2.24) is 14.8 Å². The maximum atomic E-state index is 13.0. The minimum absolute atomic E-state index is 0.0917. The van der Waals surface area contributed by atoms with Gasteiger partial charge in [-0.1, -0.05) is 67.1 Å². The molecule has 0 saturated heterocycles. The second-order valence-corrected chi connectivity index (χ2v) is 7.64. The number of hydrogen-bond donors (Lipinski definition) is 1. The lowest BCUT2D eigenvalue weighted by Gasteiger charge is -1.97. The van der Waals surface area contributed by atoms with E-state index in [1.807, 2.05) is 42.5 Å². The zero-order chi connectivity index (χ0) is 19.3. The number of hydrogen-bond acceptors (Lipinski definition) is 4. The van der Waals surface area contributed by atoms with E-state index in [1.54, 1.807) is 10.9 Å². The van der Waals surface area contributed by atoms with Gasteiger partial charge in [0.1, 0.15) is 0 Å². The van der Waals surface area contributed by atoms with Crippen LogP contribution in [0, 0.1) is 0 Å². The second kappa shape index (κ2) is 8.35. The number of rotatable bonds is 7. The lowest BCUT2D eigenvalue weighted by atomic mass is 10.1. The van der Waals surface area contributed by atoms with Gasteiger partial charge < -0.3 is 0 Å². The molecule has 2 heterocycles. The van der Waals surface area contributed by atoms with E-state index in [4.69, 9.17) is 0 Å². The van der Waals surface area contributed by atoms with Gasteiger partial charge in [-0.3, -0.25) is 14.9 Å².